The highest BCUT2D eigenvalue weighted by atomic mass is 19.1. The fourth-order valence-corrected chi connectivity index (χ4v) is 3.83. The van der Waals surface area contributed by atoms with Crippen LogP contribution >= 0.6 is 0 Å². The fourth-order valence-electron chi connectivity index (χ4n) is 3.83. The molecule has 1 amide bonds. The monoisotopic (exact) mass is 392 g/mol. The molecular weight excluding hydrogens is 363 g/mol. The van der Waals surface area contributed by atoms with Crippen LogP contribution < -0.4 is 0 Å². The molecule has 0 aromatic heterocycles. The molecule has 2 aliphatic rings. The zero-order valence-electron chi connectivity index (χ0n) is 17.3. The highest BCUT2D eigenvalue weighted by Crippen LogP contribution is 2.32. The van der Waals surface area contributed by atoms with Gasteiger partial charge in [-0.15, -0.1) is 0 Å². The Balaban J connectivity index is 1.51. The van der Waals surface area contributed by atoms with E-state index in [-0.39, 0.29) is 23.8 Å². The first-order chi connectivity index (χ1) is 12.9. The van der Waals surface area contributed by atoms with E-state index in [1.165, 1.54) is 6.92 Å². The van der Waals surface area contributed by atoms with Crippen molar-refractivity contribution in [3.8, 4) is 0 Å². The van der Waals surface area contributed by atoms with Gasteiger partial charge in [-0.1, -0.05) is 12.1 Å². The van der Waals surface area contributed by atoms with Gasteiger partial charge in [0.05, 0.1) is 0 Å². The van der Waals surface area contributed by atoms with Crippen LogP contribution in [0.2, 0.25) is 0 Å². The predicted octanol–water partition coefficient (Wildman–Crippen LogP) is 3.30. The molecule has 1 aromatic carbocycles. The molecule has 0 atom stereocenters. The van der Waals surface area contributed by atoms with Crippen molar-refractivity contribution >= 4 is 12.1 Å². The van der Waals surface area contributed by atoms with Crippen LogP contribution in [0.4, 0.5) is 9.18 Å². The van der Waals surface area contributed by atoms with Gasteiger partial charge < -0.3 is 14.4 Å². The maximum Gasteiger partial charge on any atom is 0.410 e. The number of carbonyl (C=O) groups is 2. The first-order valence-corrected chi connectivity index (χ1v) is 9.62. The third-order valence-corrected chi connectivity index (χ3v) is 4.95. The minimum atomic E-state index is -0.530. The second kappa shape index (κ2) is 7.35. The number of rotatable bonds is 4. The van der Waals surface area contributed by atoms with Crippen LogP contribution in [0.5, 0.6) is 0 Å². The van der Waals surface area contributed by atoms with Crippen LogP contribution in [0, 0.1) is 5.82 Å². The molecule has 0 saturated carbocycles. The van der Waals surface area contributed by atoms with Gasteiger partial charge >= 0.3 is 12.1 Å². The molecular formula is C21H29FN2O4. The number of ether oxygens (including phenoxy) is 2. The molecule has 28 heavy (non-hydrogen) atoms. The summed E-state index contributed by atoms with van der Waals surface area (Å²) in [7, 11) is 0. The van der Waals surface area contributed by atoms with E-state index in [0.717, 1.165) is 5.56 Å². The molecule has 2 fully saturated rings. The van der Waals surface area contributed by atoms with Crippen LogP contribution in [0.3, 0.4) is 0 Å². The second-order valence-corrected chi connectivity index (χ2v) is 9.13. The largest absolute Gasteiger partial charge is 0.457 e. The van der Waals surface area contributed by atoms with Crippen LogP contribution in [0.15, 0.2) is 18.2 Å². The molecule has 2 aliphatic heterocycles. The average Bonchev–Trinajstić information content (AvgIpc) is 2.43. The lowest BCUT2D eigenvalue weighted by molar-refractivity contribution is -0.174. The predicted molar refractivity (Wildman–Crippen MR) is 102 cm³/mol. The van der Waals surface area contributed by atoms with Gasteiger partial charge in [0.15, 0.2) is 0 Å². The zero-order valence-corrected chi connectivity index (χ0v) is 17.3. The van der Waals surface area contributed by atoms with Gasteiger partial charge in [-0.3, -0.25) is 9.69 Å². The summed E-state index contributed by atoms with van der Waals surface area (Å²) >= 11 is 0. The minimum absolute atomic E-state index is 0.00200. The number of esters is 1. The van der Waals surface area contributed by atoms with E-state index in [9.17, 15) is 14.0 Å². The van der Waals surface area contributed by atoms with Crippen molar-refractivity contribution < 1.29 is 23.5 Å². The quantitative estimate of drug-likeness (QED) is 0.736. The van der Waals surface area contributed by atoms with Gasteiger partial charge in [0.1, 0.15) is 17.0 Å². The molecule has 1 aromatic rings. The normalized spacial score (nSPS) is 19.6. The minimum Gasteiger partial charge on any atom is -0.457 e. The topological polar surface area (TPSA) is 59.1 Å². The summed E-state index contributed by atoms with van der Waals surface area (Å²) in [5.74, 6) is -0.522. The third-order valence-electron chi connectivity index (χ3n) is 4.95. The SMILES string of the molecule is CC(=O)OC1(C)CN(Cc2ccc(C3CN(C(=O)OC(C)(C)C)C3)c(F)c2)C1. The van der Waals surface area contributed by atoms with Gasteiger partial charge in [-0.25, -0.2) is 9.18 Å². The van der Waals surface area contributed by atoms with Crippen molar-refractivity contribution in [2.75, 3.05) is 26.2 Å². The van der Waals surface area contributed by atoms with E-state index in [2.05, 4.69) is 4.90 Å². The Morgan fingerprint density at radius 3 is 2.43 bits per heavy atom. The number of nitrogens with zero attached hydrogens (tertiary/aromatic N) is 2. The van der Waals surface area contributed by atoms with E-state index in [0.29, 0.717) is 38.3 Å². The second-order valence-electron chi connectivity index (χ2n) is 9.13. The first kappa shape index (κ1) is 20.6. The molecule has 6 nitrogen and oxygen atoms in total. The van der Waals surface area contributed by atoms with Gasteiger partial charge in [0, 0.05) is 45.6 Å². The summed E-state index contributed by atoms with van der Waals surface area (Å²) in [6.45, 7) is 11.6. The third kappa shape index (κ3) is 4.82. The fraction of sp³-hybridized carbons (Fsp3) is 0.619. The Morgan fingerprint density at radius 2 is 1.89 bits per heavy atom. The first-order valence-electron chi connectivity index (χ1n) is 9.62. The van der Waals surface area contributed by atoms with Crippen LogP contribution in [0.25, 0.3) is 0 Å². The van der Waals surface area contributed by atoms with Crippen LogP contribution in [-0.2, 0) is 20.8 Å². The average molecular weight is 392 g/mol. The lowest BCUT2D eigenvalue weighted by atomic mass is 9.90. The molecule has 2 heterocycles. The smallest absolute Gasteiger partial charge is 0.410 e. The Kier molecular flexibility index (Phi) is 5.40. The number of likely N-dealkylation sites (tertiary alicyclic amines) is 2. The maximum absolute atomic E-state index is 14.6. The molecule has 0 N–H and O–H groups in total. The van der Waals surface area contributed by atoms with Crippen LogP contribution in [-0.4, -0.2) is 59.2 Å². The number of halogens is 1. The maximum atomic E-state index is 14.6. The van der Waals surface area contributed by atoms with Gasteiger partial charge in [0.25, 0.3) is 0 Å². The molecule has 0 bridgehead atoms. The number of hydrogen-bond acceptors (Lipinski definition) is 5. The summed E-state index contributed by atoms with van der Waals surface area (Å²) in [5.41, 5.74) is 0.546. The van der Waals surface area contributed by atoms with E-state index < -0.39 is 11.2 Å². The molecule has 2 saturated heterocycles. The van der Waals surface area contributed by atoms with E-state index in [4.69, 9.17) is 9.47 Å². The number of benzene rings is 1. The summed E-state index contributed by atoms with van der Waals surface area (Å²) in [4.78, 5) is 26.8. The summed E-state index contributed by atoms with van der Waals surface area (Å²) in [5, 5.41) is 0. The number of carbonyl (C=O) groups excluding carboxylic acids is 2. The lowest BCUT2D eigenvalue weighted by Gasteiger charge is -2.46. The highest BCUT2D eigenvalue weighted by Gasteiger charge is 2.41. The molecule has 7 heteroatoms. The van der Waals surface area contributed by atoms with E-state index in [1.54, 1.807) is 11.0 Å². The Labute approximate surface area is 165 Å². The summed E-state index contributed by atoms with van der Waals surface area (Å²) < 4.78 is 25.2. The Bertz CT molecular complexity index is 762. The molecule has 3 rings (SSSR count). The molecule has 0 radical (unpaired) electrons. The van der Waals surface area contributed by atoms with Gasteiger partial charge in [-0.2, -0.15) is 0 Å². The van der Waals surface area contributed by atoms with Gasteiger partial charge in [0.2, 0.25) is 0 Å². The number of hydrogen-bond donors (Lipinski definition) is 0. The summed E-state index contributed by atoms with van der Waals surface area (Å²) in [6, 6.07) is 5.30. The van der Waals surface area contributed by atoms with Crippen molar-refractivity contribution in [3.63, 3.8) is 0 Å². The van der Waals surface area contributed by atoms with Crippen molar-refractivity contribution in [2.45, 2.75) is 58.3 Å². The molecule has 0 unspecified atom stereocenters. The summed E-state index contributed by atoms with van der Waals surface area (Å²) in [6.07, 6.45) is -0.352. The number of amides is 1. The molecule has 0 aliphatic carbocycles. The van der Waals surface area contributed by atoms with E-state index >= 15 is 0 Å². The highest BCUT2D eigenvalue weighted by molar-refractivity contribution is 5.69. The molecule has 0 spiro atoms. The standard InChI is InChI=1S/C21H29FN2O4/c1-14(25)27-21(5)12-23(13-21)9-15-6-7-17(18(22)8-15)16-10-24(11-16)19(26)28-20(2,3)4/h6-8,16H,9-13H2,1-5H3. The van der Waals surface area contributed by atoms with Crippen molar-refractivity contribution in [1.29, 1.82) is 0 Å². The van der Waals surface area contributed by atoms with Crippen molar-refractivity contribution in [2.24, 2.45) is 0 Å². The van der Waals surface area contributed by atoms with Crippen molar-refractivity contribution in [3.05, 3.63) is 35.1 Å². The van der Waals surface area contributed by atoms with Gasteiger partial charge in [-0.05, 0) is 44.9 Å². The van der Waals surface area contributed by atoms with Crippen LogP contribution in [0.1, 0.15) is 51.7 Å². The van der Waals surface area contributed by atoms with E-state index in [1.807, 2.05) is 39.8 Å². The van der Waals surface area contributed by atoms with Crippen molar-refractivity contribution in [1.82, 2.24) is 9.80 Å². The Hall–Kier alpha value is -2.15. The lowest BCUT2D eigenvalue weighted by Crippen LogP contribution is -2.61. The Morgan fingerprint density at radius 1 is 1.25 bits per heavy atom. The zero-order chi connectivity index (χ0) is 20.7. The molecule has 154 valence electrons.